The number of amidine groups is 1. The Balaban J connectivity index is 2.16. The van der Waals surface area contributed by atoms with Gasteiger partial charge >= 0.3 is 0 Å². The van der Waals surface area contributed by atoms with E-state index in [1.165, 1.54) is 17.3 Å². The molecule has 22 heavy (non-hydrogen) atoms. The molecule has 1 aromatic carbocycles. The molecule has 5 nitrogen and oxygen atoms in total. The molecule has 0 radical (unpaired) electrons. The Hall–Kier alpha value is -1.82. The highest BCUT2D eigenvalue weighted by Crippen LogP contribution is 2.31. The zero-order valence-electron chi connectivity index (χ0n) is 13.1. The van der Waals surface area contributed by atoms with Crippen LogP contribution < -0.4 is 5.32 Å². The predicted octanol–water partition coefficient (Wildman–Crippen LogP) is 2.47. The number of benzene rings is 1. The van der Waals surface area contributed by atoms with Crippen molar-refractivity contribution < 1.29 is 9.59 Å². The molecule has 0 spiro atoms. The van der Waals surface area contributed by atoms with Crippen molar-refractivity contribution in [1.82, 2.24) is 10.2 Å². The Bertz CT molecular complexity index is 584. The first-order valence-corrected chi connectivity index (χ1v) is 8.33. The Kier molecular flexibility index (Phi) is 5.60. The number of carbonyl (C=O) groups excluding carboxylic acids is 2. The fourth-order valence-corrected chi connectivity index (χ4v) is 3.41. The van der Waals surface area contributed by atoms with Gasteiger partial charge < -0.3 is 5.32 Å². The van der Waals surface area contributed by atoms with Crippen LogP contribution in [0.3, 0.4) is 0 Å². The van der Waals surface area contributed by atoms with E-state index in [9.17, 15) is 9.59 Å². The number of hydrogen-bond donors (Lipinski definition) is 1. The van der Waals surface area contributed by atoms with Gasteiger partial charge in [0.25, 0.3) is 0 Å². The minimum atomic E-state index is -0.379. The van der Waals surface area contributed by atoms with Crippen molar-refractivity contribution in [2.24, 2.45) is 4.99 Å². The maximum absolute atomic E-state index is 12.4. The van der Waals surface area contributed by atoms with Gasteiger partial charge in [-0.25, -0.2) is 4.99 Å². The summed E-state index contributed by atoms with van der Waals surface area (Å²) in [6, 6.07) is 7.84. The number of aliphatic imine (C=N–C) groups is 1. The summed E-state index contributed by atoms with van der Waals surface area (Å²) in [4.78, 5) is 30.3. The van der Waals surface area contributed by atoms with Crippen molar-refractivity contribution in [3.63, 3.8) is 0 Å². The van der Waals surface area contributed by atoms with E-state index in [1.807, 2.05) is 45.0 Å². The number of rotatable bonds is 5. The second-order valence-electron chi connectivity index (χ2n) is 5.08. The van der Waals surface area contributed by atoms with Gasteiger partial charge in [0.15, 0.2) is 5.17 Å². The van der Waals surface area contributed by atoms with E-state index in [2.05, 4.69) is 10.3 Å². The SMILES string of the molecule is CCNC(=O)C[C@H]1SC(=Nc2ccc(C)cc2)N(CC)C1=O. The monoisotopic (exact) mass is 319 g/mol. The summed E-state index contributed by atoms with van der Waals surface area (Å²) in [6.07, 6.45) is 0.195. The average molecular weight is 319 g/mol. The van der Waals surface area contributed by atoms with E-state index in [-0.39, 0.29) is 23.5 Å². The van der Waals surface area contributed by atoms with Crippen LogP contribution >= 0.6 is 11.8 Å². The van der Waals surface area contributed by atoms with Gasteiger partial charge in [0.1, 0.15) is 5.25 Å². The van der Waals surface area contributed by atoms with E-state index < -0.39 is 0 Å². The van der Waals surface area contributed by atoms with Gasteiger partial charge in [0, 0.05) is 19.5 Å². The second kappa shape index (κ2) is 7.45. The smallest absolute Gasteiger partial charge is 0.242 e. The number of aryl methyl sites for hydroxylation is 1. The molecule has 2 amide bonds. The summed E-state index contributed by atoms with van der Waals surface area (Å²) in [5.74, 6) is -0.134. The van der Waals surface area contributed by atoms with Crippen LogP contribution in [-0.4, -0.2) is 40.2 Å². The van der Waals surface area contributed by atoms with Gasteiger partial charge in [0.05, 0.1) is 5.69 Å². The summed E-state index contributed by atoms with van der Waals surface area (Å²) in [5, 5.41) is 3.03. The maximum atomic E-state index is 12.4. The van der Waals surface area contributed by atoms with Crippen LogP contribution in [0.15, 0.2) is 29.3 Å². The van der Waals surface area contributed by atoms with Crippen molar-refractivity contribution in [2.45, 2.75) is 32.4 Å². The van der Waals surface area contributed by atoms with Crippen LogP contribution in [-0.2, 0) is 9.59 Å². The third kappa shape index (κ3) is 3.88. The van der Waals surface area contributed by atoms with Gasteiger partial charge in [0.2, 0.25) is 11.8 Å². The molecule has 0 unspecified atom stereocenters. The predicted molar refractivity (Wildman–Crippen MR) is 90.3 cm³/mol. The van der Waals surface area contributed by atoms with Crippen molar-refractivity contribution in [1.29, 1.82) is 0 Å². The minimum Gasteiger partial charge on any atom is -0.356 e. The van der Waals surface area contributed by atoms with Crippen molar-refractivity contribution in [3.8, 4) is 0 Å². The molecule has 0 aromatic heterocycles. The first-order valence-electron chi connectivity index (χ1n) is 7.45. The molecule has 1 heterocycles. The fraction of sp³-hybridized carbons (Fsp3) is 0.438. The molecule has 1 aliphatic heterocycles. The van der Waals surface area contributed by atoms with E-state index in [0.29, 0.717) is 18.3 Å². The number of carbonyl (C=O) groups is 2. The quantitative estimate of drug-likeness (QED) is 0.907. The molecule has 1 saturated heterocycles. The van der Waals surface area contributed by atoms with Crippen LogP contribution in [0.1, 0.15) is 25.8 Å². The van der Waals surface area contributed by atoms with Gasteiger partial charge in [-0.05, 0) is 32.9 Å². The van der Waals surface area contributed by atoms with Crippen molar-refractivity contribution in [3.05, 3.63) is 29.8 Å². The van der Waals surface area contributed by atoms with Crippen molar-refractivity contribution >= 4 is 34.4 Å². The molecule has 118 valence electrons. The normalized spacial score (nSPS) is 19.8. The standard InChI is InChI=1S/C16H21N3O2S/c1-4-17-14(20)10-13-15(21)19(5-2)16(22-13)18-12-8-6-11(3)7-9-12/h6-9,13H,4-5,10H2,1-3H3,(H,17,20)/t13-/m1/s1. The number of nitrogens with one attached hydrogen (secondary N) is 1. The summed E-state index contributed by atoms with van der Waals surface area (Å²) < 4.78 is 0. The van der Waals surface area contributed by atoms with Crippen LogP contribution in [0.25, 0.3) is 0 Å². The summed E-state index contributed by atoms with van der Waals surface area (Å²) >= 11 is 1.37. The van der Waals surface area contributed by atoms with Crippen LogP contribution in [0, 0.1) is 6.92 Å². The highest BCUT2D eigenvalue weighted by molar-refractivity contribution is 8.15. The summed E-state index contributed by atoms with van der Waals surface area (Å²) in [7, 11) is 0. The molecular weight excluding hydrogens is 298 g/mol. The largest absolute Gasteiger partial charge is 0.356 e. The average Bonchev–Trinajstić information content (AvgIpc) is 2.77. The van der Waals surface area contributed by atoms with Gasteiger partial charge in [-0.2, -0.15) is 0 Å². The Morgan fingerprint density at radius 1 is 1.32 bits per heavy atom. The molecule has 1 atom stereocenters. The number of amides is 2. The van der Waals surface area contributed by atoms with E-state index in [0.717, 1.165) is 5.69 Å². The van der Waals surface area contributed by atoms with E-state index in [4.69, 9.17) is 0 Å². The molecule has 2 rings (SSSR count). The zero-order valence-corrected chi connectivity index (χ0v) is 13.9. The Labute approximate surface area is 135 Å². The first-order chi connectivity index (χ1) is 10.5. The molecule has 1 fully saturated rings. The maximum Gasteiger partial charge on any atom is 0.242 e. The second-order valence-corrected chi connectivity index (χ2v) is 6.25. The first kappa shape index (κ1) is 16.5. The molecule has 1 aliphatic rings. The highest BCUT2D eigenvalue weighted by atomic mass is 32.2. The molecule has 0 saturated carbocycles. The van der Waals surface area contributed by atoms with Crippen LogP contribution in [0.4, 0.5) is 5.69 Å². The topological polar surface area (TPSA) is 61.8 Å². The van der Waals surface area contributed by atoms with E-state index >= 15 is 0 Å². The van der Waals surface area contributed by atoms with Gasteiger partial charge in [-0.1, -0.05) is 29.5 Å². The number of nitrogens with zero attached hydrogens (tertiary/aromatic N) is 2. The lowest BCUT2D eigenvalue weighted by atomic mass is 10.2. The molecule has 0 aliphatic carbocycles. The molecule has 1 N–H and O–H groups in total. The van der Waals surface area contributed by atoms with Crippen molar-refractivity contribution in [2.75, 3.05) is 13.1 Å². The fourth-order valence-electron chi connectivity index (χ4n) is 2.18. The van der Waals surface area contributed by atoms with Gasteiger partial charge in [-0.15, -0.1) is 0 Å². The third-order valence-corrected chi connectivity index (χ3v) is 4.52. The number of thioether (sulfide) groups is 1. The summed E-state index contributed by atoms with van der Waals surface area (Å²) in [6.45, 7) is 6.93. The summed E-state index contributed by atoms with van der Waals surface area (Å²) in [5.41, 5.74) is 1.98. The third-order valence-electron chi connectivity index (χ3n) is 3.34. The zero-order chi connectivity index (χ0) is 16.1. The molecule has 1 aromatic rings. The van der Waals surface area contributed by atoms with E-state index in [1.54, 1.807) is 4.90 Å². The highest BCUT2D eigenvalue weighted by Gasteiger charge is 2.38. The van der Waals surface area contributed by atoms with Gasteiger partial charge in [-0.3, -0.25) is 14.5 Å². The lowest BCUT2D eigenvalue weighted by molar-refractivity contribution is -0.129. The molecule has 6 heteroatoms. The molecular formula is C16H21N3O2S. The van der Waals surface area contributed by atoms with Crippen LogP contribution in [0.2, 0.25) is 0 Å². The Morgan fingerprint density at radius 3 is 2.59 bits per heavy atom. The molecule has 0 bridgehead atoms. The lowest BCUT2D eigenvalue weighted by Crippen LogP contribution is -2.34. The lowest BCUT2D eigenvalue weighted by Gasteiger charge is -2.13. The minimum absolute atomic E-state index is 0.0374. The number of hydrogen-bond acceptors (Lipinski definition) is 4. The van der Waals surface area contributed by atoms with Crippen LogP contribution in [0.5, 0.6) is 0 Å². The Morgan fingerprint density at radius 2 is 2.00 bits per heavy atom.